The summed E-state index contributed by atoms with van der Waals surface area (Å²) in [5, 5.41) is 4.16. The molecule has 0 aliphatic carbocycles. The zero-order valence-corrected chi connectivity index (χ0v) is 26.1. The molecule has 3 heteroatoms. The Morgan fingerprint density at radius 3 is 1.47 bits per heavy atom. The Morgan fingerprint density at radius 1 is 0.719 bits per heavy atom. The molecule has 0 radical (unpaired) electrons. The third-order valence-electron chi connectivity index (χ3n) is 8.35. The summed E-state index contributed by atoms with van der Waals surface area (Å²) in [6.45, 7) is 20.3. The van der Waals surface area contributed by atoms with Crippen LogP contribution in [-0.2, 0) is 9.36 Å². The normalized spacial score (nSPS) is 20.1. The van der Waals surface area contributed by atoms with Crippen LogP contribution in [0.3, 0.4) is 0 Å². The first-order chi connectivity index (χ1) is 15.0. The van der Waals surface area contributed by atoms with E-state index in [0.29, 0.717) is 8.49 Å². The van der Waals surface area contributed by atoms with Gasteiger partial charge in [-0.05, 0) is 0 Å². The molecule has 3 rings (SSSR count). The zero-order chi connectivity index (χ0) is 23.7. The van der Waals surface area contributed by atoms with Crippen molar-refractivity contribution in [3.05, 3.63) is 71.8 Å². The quantitative estimate of drug-likeness (QED) is 0.323. The van der Waals surface area contributed by atoms with Crippen LogP contribution in [0.15, 0.2) is 60.7 Å². The summed E-state index contributed by atoms with van der Waals surface area (Å²) < 4.78 is 8.84. The monoisotopic (exact) mass is 558 g/mol. The fourth-order valence-electron chi connectivity index (χ4n) is 7.75. The first-order valence-electron chi connectivity index (χ1n) is 12.8. The van der Waals surface area contributed by atoms with Gasteiger partial charge in [0.1, 0.15) is 0 Å². The SMILES string of the molecule is CC[CH2][Ge]1([CH2]CC)[O]C(c2ccccc2)(c2ccccc2)C[CH2][Ge]1([C](C)(C)C)[C](C)(C)C. The van der Waals surface area contributed by atoms with Crippen molar-refractivity contribution in [3.8, 4) is 0 Å². The summed E-state index contributed by atoms with van der Waals surface area (Å²) in [6.07, 6.45) is 3.66. The van der Waals surface area contributed by atoms with Gasteiger partial charge < -0.3 is 0 Å². The van der Waals surface area contributed by atoms with Gasteiger partial charge in [-0.3, -0.25) is 0 Å². The Labute approximate surface area is 202 Å². The molecule has 0 unspecified atom stereocenters. The van der Waals surface area contributed by atoms with Crippen LogP contribution in [0.2, 0.25) is 24.3 Å². The Balaban J connectivity index is 2.34. The van der Waals surface area contributed by atoms with Crippen molar-refractivity contribution in [2.75, 3.05) is 0 Å². The van der Waals surface area contributed by atoms with Crippen LogP contribution in [0.25, 0.3) is 0 Å². The minimum atomic E-state index is -2.76. The predicted octanol–water partition coefficient (Wildman–Crippen LogP) is 9.24. The van der Waals surface area contributed by atoms with E-state index in [1.807, 2.05) is 0 Å². The summed E-state index contributed by atoms with van der Waals surface area (Å²) in [5.74, 6) is 0. The van der Waals surface area contributed by atoms with Gasteiger partial charge in [0.2, 0.25) is 0 Å². The van der Waals surface area contributed by atoms with Crippen LogP contribution in [-0.4, -0.2) is 22.9 Å². The van der Waals surface area contributed by atoms with Crippen LogP contribution in [0, 0.1) is 0 Å². The predicted molar refractivity (Wildman–Crippen MR) is 145 cm³/mol. The van der Waals surface area contributed by atoms with E-state index >= 15 is 0 Å². The number of benzene rings is 2. The van der Waals surface area contributed by atoms with Crippen molar-refractivity contribution in [1.82, 2.24) is 0 Å². The van der Waals surface area contributed by atoms with Gasteiger partial charge in [-0.25, -0.2) is 0 Å². The third kappa shape index (κ3) is 4.20. The van der Waals surface area contributed by atoms with Gasteiger partial charge in [0.15, 0.2) is 0 Å². The molecule has 32 heavy (non-hydrogen) atoms. The summed E-state index contributed by atoms with van der Waals surface area (Å²) in [4.78, 5) is 0. The maximum absolute atomic E-state index is 8.05. The van der Waals surface area contributed by atoms with Crippen LogP contribution in [0.1, 0.15) is 85.8 Å². The van der Waals surface area contributed by atoms with Crippen molar-refractivity contribution in [3.63, 3.8) is 0 Å². The van der Waals surface area contributed by atoms with Crippen molar-refractivity contribution in [2.24, 2.45) is 0 Å². The van der Waals surface area contributed by atoms with Crippen molar-refractivity contribution in [1.29, 1.82) is 0 Å². The van der Waals surface area contributed by atoms with E-state index in [9.17, 15) is 0 Å². The molecular weight excluding hydrogens is 510 g/mol. The Morgan fingerprint density at radius 2 is 1.12 bits per heavy atom. The molecule has 0 atom stereocenters. The summed E-state index contributed by atoms with van der Waals surface area (Å²) in [5.41, 5.74) is 2.46. The minimum absolute atomic E-state index is 0.280. The van der Waals surface area contributed by atoms with Crippen LogP contribution < -0.4 is 0 Å². The molecule has 1 saturated heterocycles. The average molecular weight is 556 g/mol. The third-order valence-corrected chi connectivity index (χ3v) is 74.1. The van der Waals surface area contributed by atoms with Gasteiger partial charge in [-0.2, -0.15) is 0 Å². The van der Waals surface area contributed by atoms with Gasteiger partial charge in [-0.15, -0.1) is 0 Å². The molecule has 0 bridgehead atoms. The second kappa shape index (κ2) is 9.62. The molecule has 0 saturated carbocycles. The molecule has 2 aromatic rings. The maximum atomic E-state index is 8.05. The molecule has 1 heterocycles. The van der Waals surface area contributed by atoms with Crippen LogP contribution in [0.5, 0.6) is 0 Å². The van der Waals surface area contributed by atoms with E-state index in [4.69, 9.17) is 3.76 Å². The van der Waals surface area contributed by atoms with E-state index in [1.54, 1.807) is 0 Å². The second-order valence-corrected chi connectivity index (χ2v) is 49.1. The molecule has 1 aliphatic heterocycles. The van der Waals surface area contributed by atoms with E-state index < -0.39 is 22.9 Å². The van der Waals surface area contributed by atoms with Crippen molar-refractivity contribution in [2.45, 2.75) is 105 Å². The van der Waals surface area contributed by atoms with Crippen molar-refractivity contribution >= 4 is 22.9 Å². The van der Waals surface area contributed by atoms with Gasteiger partial charge in [0.05, 0.1) is 0 Å². The number of rotatable bonds is 6. The molecule has 0 spiro atoms. The summed E-state index contributed by atoms with van der Waals surface area (Å²) in [7, 11) is 0. The van der Waals surface area contributed by atoms with Gasteiger partial charge in [0.25, 0.3) is 0 Å². The summed E-state index contributed by atoms with van der Waals surface area (Å²) in [6, 6.07) is 22.4. The molecule has 0 aromatic heterocycles. The summed E-state index contributed by atoms with van der Waals surface area (Å²) >= 11 is -5.27. The fourth-order valence-corrected chi connectivity index (χ4v) is 87.1. The van der Waals surface area contributed by atoms with Crippen LogP contribution in [0.4, 0.5) is 0 Å². The molecule has 176 valence electrons. The molecule has 1 aliphatic rings. The number of hydrogen-bond acceptors (Lipinski definition) is 1. The molecule has 0 amide bonds. The van der Waals surface area contributed by atoms with E-state index in [-0.39, 0.29) is 5.60 Å². The van der Waals surface area contributed by atoms with Gasteiger partial charge in [0, 0.05) is 0 Å². The first-order valence-corrected chi connectivity index (χ1v) is 26.7. The van der Waals surface area contributed by atoms with E-state index in [1.165, 1.54) is 39.7 Å². The molecule has 1 nitrogen and oxygen atoms in total. The molecule has 0 N–H and O–H groups in total. The standard InChI is InChI=1S/C29H46Ge2O/c1-9-22-30(23-10-2)31(27(3,4)5,28(6,7)8)24-21-29(32-30,25-17-13-11-14-18-25)26-19-15-12-16-20-26/h11-20H,9-10,21-24H2,1-8H3. The van der Waals surface area contributed by atoms with E-state index in [0.717, 1.165) is 6.42 Å². The van der Waals surface area contributed by atoms with Crippen molar-refractivity contribution < 1.29 is 3.76 Å². The molecular formula is C29H46Ge2O. The molecule has 2 aromatic carbocycles. The fraction of sp³-hybridized carbons (Fsp3) is 0.586. The first kappa shape index (κ1) is 26.1. The van der Waals surface area contributed by atoms with Crippen LogP contribution >= 0.6 is 0 Å². The Bertz CT molecular complexity index is 802. The Kier molecular flexibility index (Phi) is 7.85. The zero-order valence-electron chi connectivity index (χ0n) is 21.9. The van der Waals surface area contributed by atoms with E-state index in [2.05, 4.69) is 116 Å². The average Bonchev–Trinajstić information content (AvgIpc) is 2.73. The number of hydrogen-bond donors (Lipinski definition) is 0. The second-order valence-electron chi connectivity index (χ2n) is 12.1. The van der Waals surface area contributed by atoms with Gasteiger partial charge in [-0.1, -0.05) is 0 Å². The molecule has 1 fully saturated rings. The topological polar surface area (TPSA) is 9.23 Å². The Hall–Kier alpha value is -0.514. The van der Waals surface area contributed by atoms with Gasteiger partial charge >= 0.3 is 203 Å².